The number of hydrogen-bond donors (Lipinski definition) is 0. The van der Waals surface area contributed by atoms with E-state index in [0.717, 1.165) is 10.8 Å². The quantitative estimate of drug-likeness (QED) is 0.756. The monoisotopic (exact) mass is 262 g/mol. The Labute approximate surface area is 102 Å². The predicted octanol–water partition coefficient (Wildman–Crippen LogP) is 4.27. The van der Waals surface area contributed by atoms with Crippen molar-refractivity contribution in [1.82, 2.24) is 0 Å². The topological polar surface area (TPSA) is 26.3 Å². The fourth-order valence-electron chi connectivity index (χ4n) is 1.32. The molecule has 15 heavy (non-hydrogen) atoms. The Kier molecular flexibility index (Phi) is 6.26. The lowest BCUT2D eigenvalue weighted by Gasteiger charge is -2.01. The molecule has 0 unspecified atom stereocenters. The molecule has 80 valence electrons. The van der Waals surface area contributed by atoms with Gasteiger partial charge in [0.15, 0.2) is 0 Å². The second kappa shape index (κ2) is 6.62. The third-order valence-corrected chi connectivity index (χ3v) is 2.16. The SMILES string of the molecule is Cl.Cl.O=POc1cccc2ccccc12. The molecule has 0 heterocycles. The van der Waals surface area contributed by atoms with E-state index in [9.17, 15) is 4.57 Å². The van der Waals surface area contributed by atoms with Crippen LogP contribution in [0.2, 0.25) is 0 Å². The van der Waals surface area contributed by atoms with Gasteiger partial charge in [-0.3, -0.25) is 0 Å². The van der Waals surface area contributed by atoms with E-state index in [1.165, 1.54) is 0 Å². The highest BCUT2D eigenvalue weighted by atomic mass is 35.5. The first kappa shape index (κ1) is 14.2. The maximum atomic E-state index is 10.3. The molecular weight excluding hydrogens is 254 g/mol. The van der Waals surface area contributed by atoms with Gasteiger partial charge in [0, 0.05) is 5.39 Å². The highest BCUT2D eigenvalue weighted by Gasteiger charge is 1.99. The lowest BCUT2D eigenvalue weighted by atomic mass is 10.1. The molecule has 2 aromatic carbocycles. The molecule has 0 spiro atoms. The van der Waals surface area contributed by atoms with E-state index < -0.39 is 0 Å². The summed E-state index contributed by atoms with van der Waals surface area (Å²) in [5.41, 5.74) is 0. The highest BCUT2D eigenvalue weighted by molar-refractivity contribution is 7.17. The summed E-state index contributed by atoms with van der Waals surface area (Å²) in [7, 11) is -0.316. The first-order valence-corrected chi connectivity index (χ1v) is 4.62. The van der Waals surface area contributed by atoms with E-state index in [0.29, 0.717) is 5.75 Å². The molecule has 0 saturated heterocycles. The Bertz CT molecular complexity index is 443. The fourth-order valence-corrected chi connectivity index (χ4v) is 1.55. The largest absolute Gasteiger partial charge is 0.407 e. The number of fused-ring (bicyclic) bond motifs is 1. The van der Waals surface area contributed by atoms with Gasteiger partial charge in [0.1, 0.15) is 5.75 Å². The van der Waals surface area contributed by atoms with Crippen molar-refractivity contribution in [3.63, 3.8) is 0 Å². The summed E-state index contributed by atoms with van der Waals surface area (Å²) in [6.07, 6.45) is 0. The Morgan fingerprint density at radius 3 is 2.33 bits per heavy atom. The average Bonchev–Trinajstić information content (AvgIpc) is 2.19. The molecular formula is C10H9Cl2O2P. The van der Waals surface area contributed by atoms with Crippen molar-refractivity contribution in [1.29, 1.82) is 0 Å². The first-order valence-electron chi connectivity index (χ1n) is 3.89. The zero-order valence-electron chi connectivity index (χ0n) is 7.62. The number of rotatable bonds is 2. The summed E-state index contributed by atoms with van der Waals surface area (Å²) in [6, 6.07) is 13.5. The summed E-state index contributed by atoms with van der Waals surface area (Å²) in [5.74, 6) is 0.648. The molecule has 0 aliphatic heterocycles. The molecule has 0 bridgehead atoms. The lowest BCUT2D eigenvalue weighted by Crippen LogP contribution is -1.77. The summed E-state index contributed by atoms with van der Waals surface area (Å²) < 4.78 is 15.2. The normalized spacial score (nSPS) is 9.07. The zero-order chi connectivity index (χ0) is 9.10. The van der Waals surface area contributed by atoms with E-state index in [-0.39, 0.29) is 33.5 Å². The van der Waals surface area contributed by atoms with Crippen LogP contribution in [0, 0.1) is 0 Å². The molecule has 0 aliphatic carbocycles. The van der Waals surface area contributed by atoms with Crippen LogP contribution in [-0.4, -0.2) is 0 Å². The van der Waals surface area contributed by atoms with Gasteiger partial charge in [-0.1, -0.05) is 36.4 Å². The molecule has 0 saturated carbocycles. The van der Waals surface area contributed by atoms with Crippen molar-refractivity contribution in [2.45, 2.75) is 0 Å². The molecule has 5 heteroatoms. The van der Waals surface area contributed by atoms with Gasteiger partial charge in [-0.25, -0.2) is 4.57 Å². The molecule has 2 aromatic rings. The Hall–Kier alpha value is -0.820. The Balaban J connectivity index is 0.000000980. The van der Waals surface area contributed by atoms with Crippen LogP contribution in [-0.2, 0) is 4.57 Å². The molecule has 2 rings (SSSR count). The molecule has 0 aliphatic rings. The van der Waals surface area contributed by atoms with Gasteiger partial charge in [0.25, 0.3) is 0 Å². The van der Waals surface area contributed by atoms with Crippen LogP contribution in [0.5, 0.6) is 5.75 Å². The molecule has 0 atom stereocenters. The maximum absolute atomic E-state index is 10.3. The lowest BCUT2D eigenvalue weighted by molar-refractivity contribution is 0.528. The van der Waals surface area contributed by atoms with Gasteiger partial charge >= 0.3 is 8.69 Å². The van der Waals surface area contributed by atoms with E-state index >= 15 is 0 Å². The molecule has 0 radical (unpaired) electrons. The molecule has 0 aromatic heterocycles. The van der Waals surface area contributed by atoms with Gasteiger partial charge in [-0.15, -0.1) is 24.8 Å². The Morgan fingerprint density at radius 1 is 0.933 bits per heavy atom. The van der Waals surface area contributed by atoms with Crippen LogP contribution >= 0.6 is 33.5 Å². The van der Waals surface area contributed by atoms with E-state index in [1.807, 2.05) is 36.4 Å². The summed E-state index contributed by atoms with van der Waals surface area (Å²) >= 11 is 0. The first-order chi connectivity index (χ1) is 6.42. The highest BCUT2D eigenvalue weighted by Crippen LogP contribution is 2.26. The van der Waals surface area contributed by atoms with Crippen LogP contribution in [0.15, 0.2) is 42.5 Å². The third-order valence-electron chi connectivity index (χ3n) is 1.89. The number of benzene rings is 2. The second-order valence-electron chi connectivity index (χ2n) is 2.64. The average molecular weight is 263 g/mol. The minimum Gasteiger partial charge on any atom is -0.407 e. The third kappa shape index (κ3) is 3.07. The van der Waals surface area contributed by atoms with Crippen LogP contribution in [0.1, 0.15) is 0 Å². The van der Waals surface area contributed by atoms with Crippen molar-refractivity contribution in [2.24, 2.45) is 0 Å². The fraction of sp³-hybridized carbons (Fsp3) is 0. The maximum Gasteiger partial charge on any atom is 0.395 e. The second-order valence-corrected chi connectivity index (χ2v) is 2.97. The predicted molar refractivity (Wildman–Crippen MR) is 66.7 cm³/mol. The van der Waals surface area contributed by atoms with Gasteiger partial charge < -0.3 is 4.52 Å². The van der Waals surface area contributed by atoms with E-state index in [4.69, 9.17) is 4.52 Å². The van der Waals surface area contributed by atoms with Crippen LogP contribution in [0.25, 0.3) is 10.8 Å². The van der Waals surface area contributed by atoms with Gasteiger partial charge in [-0.2, -0.15) is 0 Å². The molecule has 0 fully saturated rings. The van der Waals surface area contributed by atoms with Crippen molar-refractivity contribution in [3.05, 3.63) is 42.5 Å². The summed E-state index contributed by atoms with van der Waals surface area (Å²) in [6.45, 7) is 0. The van der Waals surface area contributed by atoms with Crippen molar-refractivity contribution in [3.8, 4) is 5.75 Å². The smallest absolute Gasteiger partial charge is 0.395 e. The number of halogens is 2. The Morgan fingerprint density at radius 2 is 1.60 bits per heavy atom. The van der Waals surface area contributed by atoms with Crippen molar-refractivity contribution >= 4 is 44.3 Å². The van der Waals surface area contributed by atoms with Gasteiger partial charge in [-0.05, 0) is 11.5 Å². The van der Waals surface area contributed by atoms with Crippen LogP contribution < -0.4 is 4.52 Å². The summed E-state index contributed by atoms with van der Waals surface area (Å²) in [4.78, 5) is 0. The van der Waals surface area contributed by atoms with E-state index in [1.54, 1.807) is 6.07 Å². The minimum absolute atomic E-state index is 0. The van der Waals surface area contributed by atoms with Crippen LogP contribution in [0.4, 0.5) is 0 Å². The molecule has 0 N–H and O–H groups in total. The zero-order valence-corrected chi connectivity index (χ0v) is 10.1. The van der Waals surface area contributed by atoms with Crippen molar-refractivity contribution in [2.75, 3.05) is 0 Å². The molecule has 0 amide bonds. The molecule has 2 nitrogen and oxygen atoms in total. The standard InChI is InChI=1S/C10H7O2P.2ClH/c11-13-12-10-7-3-5-8-4-1-2-6-9(8)10;;/h1-7H;2*1H. The minimum atomic E-state index is -0.316. The van der Waals surface area contributed by atoms with Crippen molar-refractivity contribution < 1.29 is 9.09 Å². The van der Waals surface area contributed by atoms with E-state index in [2.05, 4.69) is 0 Å². The summed E-state index contributed by atoms with van der Waals surface area (Å²) in [5, 5.41) is 2.07. The van der Waals surface area contributed by atoms with Gasteiger partial charge in [0.05, 0.1) is 0 Å². The van der Waals surface area contributed by atoms with Crippen LogP contribution in [0.3, 0.4) is 0 Å². The van der Waals surface area contributed by atoms with Gasteiger partial charge in [0.2, 0.25) is 0 Å². The number of hydrogen-bond acceptors (Lipinski definition) is 2.